The lowest BCUT2D eigenvalue weighted by atomic mass is 9.76. The number of carbonyl (C=O) groups excluding carboxylic acids is 2. The molecule has 29 heavy (non-hydrogen) atoms. The van der Waals surface area contributed by atoms with E-state index in [1.165, 1.54) is 11.8 Å². The van der Waals surface area contributed by atoms with E-state index in [1.807, 2.05) is 20.1 Å². The van der Waals surface area contributed by atoms with Crippen LogP contribution in [-0.2, 0) is 4.79 Å². The molecule has 1 fully saturated rings. The highest BCUT2D eigenvalue weighted by Gasteiger charge is 2.36. The molecule has 0 aromatic heterocycles. The molecular weight excluding hydrogens is 388 g/mol. The molecule has 1 aromatic carbocycles. The van der Waals surface area contributed by atoms with E-state index in [2.05, 4.69) is 29.0 Å². The Morgan fingerprint density at radius 2 is 1.90 bits per heavy atom. The molecule has 2 amide bonds. The normalized spacial score (nSPS) is 18.8. The van der Waals surface area contributed by atoms with Gasteiger partial charge in [-0.05, 0) is 75.0 Å². The van der Waals surface area contributed by atoms with Crippen LogP contribution in [0.1, 0.15) is 42.6 Å². The fraction of sp³-hybridized carbons (Fsp3) is 0.455. The summed E-state index contributed by atoms with van der Waals surface area (Å²) in [5, 5.41) is 20.6. The first-order chi connectivity index (χ1) is 13.8. The minimum atomic E-state index is -0.901. The maximum atomic E-state index is 12.5. The van der Waals surface area contributed by atoms with Crippen LogP contribution in [0.2, 0.25) is 0 Å². The number of nitrogens with one attached hydrogen (secondary N) is 2. The largest absolute Gasteiger partial charge is 0.396 e. The number of rotatable bonds is 6. The Labute approximate surface area is 175 Å². The van der Waals surface area contributed by atoms with Crippen molar-refractivity contribution in [2.75, 3.05) is 12.9 Å². The third-order valence-corrected chi connectivity index (χ3v) is 6.34. The third kappa shape index (κ3) is 6.27. The predicted molar refractivity (Wildman–Crippen MR) is 113 cm³/mol. The van der Waals surface area contributed by atoms with Crippen molar-refractivity contribution in [3.05, 3.63) is 35.4 Å². The zero-order valence-corrected chi connectivity index (χ0v) is 17.6. The summed E-state index contributed by atoms with van der Waals surface area (Å²) in [5.41, 5.74) is 2.73. The second kappa shape index (κ2) is 10.4. The summed E-state index contributed by atoms with van der Waals surface area (Å²) < 4.78 is -0.607. The smallest absolute Gasteiger partial charge is 0.267 e. The number of carbonyl (C=O) groups is 2. The van der Waals surface area contributed by atoms with Crippen LogP contribution >= 0.6 is 11.8 Å². The van der Waals surface area contributed by atoms with Gasteiger partial charge in [-0.2, -0.15) is 11.8 Å². The number of benzene rings is 1. The Kier molecular flexibility index (Phi) is 8.16. The van der Waals surface area contributed by atoms with Gasteiger partial charge in [0.1, 0.15) is 6.04 Å². The van der Waals surface area contributed by atoms with Gasteiger partial charge in [0.15, 0.2) is 0 Å². The first kappa shape index (κ1) is 22.8. The Hall–Kier alpha value is -2.45. The monoisotopic (exact) mass is 414 g/mol. The number of thioether (sulfide) groups is 1. The van der Waals surface area contributed by atoms with E-state index in [9.17, 15) is 9.59 Å². The second-order valence-electron chi connectivity index (χ2n) is 7.50. The zero-order valence-electron chi connectivity index (χ0n) is 16.8. The van der Waals surface area contributed by atoms with E-state index in [0.717, 1.165) is 18.4 Å². The van der Waals surface area contributed by atoms with Crippen molar-refractivity contribution in [1.82, 2.24) is 10.8 Å². The maximum Gasteiger partial charge on any atom is 0.267 e. The van der Waals surface area contributed by atoms with E-state index in [0.29, 0.717) is 17.4 Å². The Bertz CT molecular complexity index is 853. The van der Waals surface area contributed by atoms with Gasteiger partial charge in [0.25, 0.3) is 11.8 Å². The summed E-state index contributed by atoms with van der Waals surface area (Å²) in [5.74, 6) is 11.3. The van der Waals surface area contributed by atoms with Crippen LogP contribution in [0, 0.1) is 35.5 Å². The van der Waals surface area contributed by atoms with Crippen molar-refractivity contribution in [1.29, 1.82) is 0 Å². The van der Waals surface area contributed by atoms with Gasteiger partial charge < -0.3 is 10.4 Å². The van der Waals surface area contributed by atoms with E-state index in [4.69, 9.17) is 10.3 Å². The maximum absolute atomic E-state index is 12.5. The van der Waals surface area contributed by atoms with Crippen molar-refractivity contribution < 1.29 is 19.9 Å². The van der Waals surface area contributed by atoms with Gasteiger partial charge in [-0.1, -0.05) is 11.8 Å². The summed E-state index contributed by atoms with van der Waals surface area (Å²) in [7, 11) is 0. The first-order valence-electron chi connectivity index (χ1n) is 9.33. The van der Waals surface area contributed by atoms with Crippen molar-refractivity contribution in [2.24, 2.45) is 11.8 Å². The minimum absolute atomic E-state index is 0.226. The van der Waals surface area contributed by atoms with Crippen LogP contribution in [0.25, 0.3) is 0 Å². The van der Waals surface area contributed by atoms with Crippen molar-refractivity contribution in [3.63, 3.8) is 0 Å². The molecule has 0 bridgehead atoms. The van der Waals surface area contributed by atoms with Gasteiger partial charge in [0, 0.05) is 28.4 Å². The van der Waals surface area contributed by atoms with Crippen LogP contribution in [-0.4, -0.2) is 45.8 Å². The highest BCUT2D eigenvalue weighted by molar-refractivity contribution is 8.00. The second-order valence-corrected chi connectivity index (χ2v) is 8.96. The Balaban J connectivity index is 1.99. The number of aliphatic hydroxyl groups excluding tert-OH is 1. The van der Waals surface area contributed by atoms with Crippen molar-refractivity contribution >= 4 is 23.6 Å². The van der Waals surface area contributed by atoms with Crippen LogP contribution in [0.4, 0.5) is 0 Å². The fourth-order valence-electron chi connectivity index (χ4n) is 2.90. The van der Waals surface area contributed by atoms with Gasteiger partial charge in [-0.25, -0.2) is 5.48 Å². The summed E-state index contributed by atoms with van der Waals surface area (Å²) in [6.07, 6.45) is 3.69. The van der Waals surface area contributed by atoms with Crippen LogP contribution in [0.3, 0.4) is 0 Å². The molecule has 7 heteroatoms. The topological polar surface area (TPSA) is 98.7 Å². The molecule has 1 aliphatic rings. The molecule has 0 radical (unpaired) electrons. The molecule has 154 valence electrons. The molecule has 0 aliphatic heterocycles. The quantitative estimate of drug-likeness (QED) is 0.323. The molecular formula is C22H26N2O4S. The van der Waals surface area contributed by atoms with E-state index in [1.54, 1.807) is 29.7 Å². The fourth-order valence-corrected chi connectivity index (χ4v) is 3.30. The molecule has 1 saturated carbocycles. The van der Waals surface area contributed by atoms with E-state index in [-0.39, 0.29) is 6.61 Å². The summed E-state index contributed by atoms with van der Waals surface area (Å²) in [6, 6.07) is 5.79. The van der Waals surface area contributed by atoms with Gasteiger partial charge >= 0.3 is 0 Å². The molecule has 0 heterocycles. The number of aliphatic hydroxyl groups is 1. The highest BCUT2D eigenvalue weighted by Crippen LogP contribution is 2.32. The molecule has 2 rings (SSSR count). The average Bonchev–Trinajstić information content (AvgIpc) is 2.70. The predicted octanol–water partition coefficient (Wildman–Crippen LogP) is 1.81. The van der Waals surface area contributed by atoms with Crippen LogP contribution < -0.4 is 10.8 Å². The molecule has 1 unspecified atom stereocenters. The molecule has 1 aromatic rings. The molecule has 4 N–H and O–H groups in total. The third-order valence-electron chi connectivity index (χ3n) is 5.06. The van der Waals surface area contributed by atoms with Gasteiger partial charge in [0.2, 0.25) is 0 Å². The van der Waals surface area contributed by atoms with Gasteiger partial charge in [-0.15, -0.1) is 0 Å². The lowest BCUT2D eigenvalue weighted by Gasteiger charge is -2.31. The number of amides is 2. The SMILES string of the molecule is CSC(C)(C)C(NC(=O)c1ccc(C#CC#CC2CC(CO)C2)cc1)C(=O)NO. The molecule has 1 aliphatic carbocycles. The number of hydroxylamine groups is 1. The van der Waals surface area contributed by atoms with E-state index >= 15 is 0 Å². The minimum Gasteiger partial charge on any atom is -0.396 e. The van der Waals surface area contributed by atoms with Crippen molar-refractivity contribution in [2.45, 2.75) is 37.5 Å². The number of hydrogen-bond donors (Lipinski definition) is 4. The van der Waals surface area contributed by atoms with Crippen molar-refractivity contribution in [3.8, 4) is 23.7 Å². The zero-order chi connectivity index (χ0) is 21.4. The molecule has 0 saturated heterocycles. The number of hydrogen-bond acceptors (Lipinski definition) is 5. The first-order valence-corrected chi connectivity index (χ1v) is 10.6. The Morgan fingerprint density at radius 1 is 1.24 bits per heavy atom. The Morgan fingerprint density at radius 3 is 2.45 bits per heavy atom. The lowest BCUT2D eigenvalue weighted by molar-refractivity contribution is -0.131. The van der Waals surface area contributed by atoms with Gasteiger partial charge in [-0.3, -0.25) is 14.8 Å². The molecule has 0 spiro atoms. The van der Waals surface area contributed by atoms with Crippen LogP contribution in [0.15, 0.2) is 24.3 Å². The summed E-state index contributed by atoms with van der Waals surface area (Å²) in [4.78, 5) is 24.5. The summed E-state index contributed by atoms with van der Waals surface area (Å²) >= 11 is 1.41. The molecule has 1 atom stereocenters. The van der Waals surface area contributed by atoms with Crippen LogP contribution in [0.5, 0.6) is 0 Å². The average molecular weight is 415 g/mol. The van der Waals surface area contributed by atoms with Gasteiger partial charge in [0.05, 0.1) is 0 Å². The lowest BCUT2D eigenvalue weighted by Crippen LogP contribution is -2.55. The highest BCUT2D eigenvalue weighted by atomic mass is 32.2. The standard InChI is InChI=1S/C22H26N2O4S/c1-22(2,29-3)19(21(27)24-28)23-20(26)18-10-8-15(9-11-18)6-4-5-7-16-12-17(13-16)14-25/h8-11,16-17,19,25,28H,12-14H2,1-3H3,(H,23,26)(H,24,27). The summed E-state index contributed by atoms with van der Waals surface area (Å²) in [6.45, 7) is 3.85. The molecule has 6 nitrogen and oxygen atoms in total. The van der Waals surface area contributed by atoms with E-state index < -0.39 is 22.6 Å².